The molecule has 24 heavy (non-hydrogen) atoms. The molecule has 1 aromatic heterocycles. The molecule has 3 heterocycles. The summed E-state index contributed by atoms with van der Waals surface area (Å²) >= 11 is 1.25. The molecule has 2 aliphatic heterocycles. The van der Waals surface area contributed by atoms with Gasteiger partial charge in [-0.3, -0.25) is 4.79 Å². The zero-order chi connectivity index (χ0) is 16.9. The number of aryl methyl sites for hydroxylation is 1. The molecule has 4 rings (SSSR count). The molecule has 2 N–H and O–H groups in total. The molecule has 0 spiro atoms. The average Bonchev–Trinajstić information content (AvgIpc) is 3.14. The number of carbonyl (C=O) groups excluding carboxylic acids is 1. The molecule has 0 saturated carbocycles. The molecule has 1 amide bonds. The van der Waals surface area contributed by atoms with E-state index in [-0.39, 0.29) is 18.0 Å². The summed E-state index contributed by atoms with van der Waals surface area (Å²) in [6.07, 6.45) is 0.462. The number of rotatable bonds is 3. The molecule has 0 aliphatic carbocycles. The number of nitrogens with zero attached hydrogens (tertiary/aromatic N) is 1. The second-order valence-corrected chi connectivity index (χ2v) is 9.32. The van der Waals surface area contributed by atoms with Crippen molar-refractivity contribution in [2.45, 2.75) is 29.6 Å². The molecule has 1 aromatic carbocycles. The Balaban J connectivity index is 1.58. The smallest absolute Gasteiger partial charge is 0.250 e. The van der Waals surface area contributed by atoms with Gasteiger partial charge in [0, 0.05) is 17.5 Å². The molecule has 2 aromatic rings. The maximum Gasteiger partial charge on any atom is 0.250 e. The first-order chi connectivity index (χ1) is 11.4. The summed E-state index contributed by atoms with van der Waals surface area (Å²) in [6.45, 7) is 2.36. The predicted octanol–water partition coefficient (Wildman–Crippen LogP) is 1.93. The Bertz CT molecular complexity index is 907. The Morgan fingerprint density at radius 2 is 2.04 bits per heavy atom. The quantitative estimate of drug-likeness (QED) is 0.873. The van der Waals surface area contributed by atoms with E-state index in [0.29, 0.717) is 17.2 Å². The van der Waals surface area contributed by atoms with Crippen LogP contribution in [0.25, 0.3) is 0 Å². The molecule has 1 saturated heterocycles. The highest BCUT2D eigenvalue weighted by molar-refractivity contribution is 7.91. The lowest BCUT2D eigenvalue weighted by Gasteiger charge is -2.32. The standard InChI is InChI=1S/C16H17N3O3S2/c1-10-6-7-15(23-10)24(21,22)18-11-8-14-16(20)17-12-4-2-3-5-13(12)19(14)9-11/h2-7,11,14,18H,8-9H2,1H3,(H,17,20). The first-order valence-electron chi connectivity index (χ1n) is 7.69. The maximum absolute atomic E-state index is 12.5. The molecular weight excluding hydrogens is 346 g/mol. The van der Waals surface area contributed by atoms with E-state index in [2.05, 4.69) is 10.0 Å². The molecule has 2 unspecified atom stereocenters. The highest BCUT2D eigenvalue weighted by Crippen LogP contribution is 2.36. The summed E-state index contributed by atoms with van der Waals surface area (Å²) < 4.78 is 28.1. The predicted molar refractivity (Wildman–Crippen MR) is 94.0 cm³/mol. The van der Waals surface area contributed by atoms with Crippen molar-refractivity contribution in [3.63, 3.8) is 0 Å². The van der Waals surface area contributed by atoms with E-state index in [9.17, 15) is 13.2 Å². The third-order valence-electron chi connectivity index (χ3n) is 4.38. The molecule has 0 bridgehead atoms. The van der Waals surface area contributed by atoms with Crippen molar-refractivity contribution in [3.05, 3.63) is 41.3 Å². The monoisotopic (exact) mass is 363 g/mol. The Morgan fingerprint density at radius 1 is 1.25 bits per heavy atom. The number of anilines is 2. The molecule has 2 atom stereocenters. The number of hydrogen-bond donors (Lipinski definition) is 2. The minimum absolute atomic E-state index is 0.0811. The van der Waals surface area contributed by atoms with E-state index in [4.69, 9.17) is 0 Å². The number of fused-ring (bicyclic) bond motifs is 3. The number of amides is 1. The molecule has 1 fully saturated rings. The molecule has 8 heteroatoms. The van der Waals surface area contributed by atoms with Gasteiger partial charge in [-0.25, -0.2) is 13.1 Å². The number of carbonyl (C=O) groups is 1. The van der Waals surface area contributed by atoms with Gasteiger partial charge in [-0.15, -0.1) is 11.3 Å². The van der Waals surface area contributed by atoms with E-state index in [1.807, 2.05) is 36.1 Å². The number of para-hydroxylation sites is 2. The Kier molecular flexibility index (Phi) is 3.63. The highest BCUT2D eigenvalue weighted by atomic mass is 32.2. The van der Waals surface area contributed by atoms with Gasteiger partial charge in [0.1, 0.15) is 10.3 Å². The van der Waals surface area contributed by atoms with Crippen molar-refractivity contribution in [1.29, 1.82) is 0 Å². The van der Waals surface area contributed by atoms with Crippen molar-refractivity contribution in [1.82, 2.24) is 4.72 Å². The van der Waals surface area contributed by atoms with E-state index >= 15 is 0 Å². The number of benzene rings is 1. The minimum atomic E-state index is -3.55. The van der Waals surface area contributed by atoms with E-state index in [0.717, 1.165) is 16.3 Å². The van der Waals surface area contributed by atoms with Crippen LogP contribution in [0.2, 0.25) is 0 Å². The third kappa shape index (κ3) is 2.60. The highest BCUT2D eigenvalue weighted by Gasteiger charge is 2.42. The van der Waals surface area contributed by atoms with Gasteiger partial charge in [-0.2, -0.15) is 0 Å². The summed E-state index contributed by atoms with van der Waals surface area (Å²) in [5.41, 5.74) is 1.71. The maximum atomic E-state index is 12.5. The number of nitrogens with one attached hydrogen (secondary N) is 2. The van der Waals surface area contributed by atoms with Gasteiger partial charge >= 0.3 is 0 Å². The van der Waals surface area contributed by atoms with E-state index in [1.54, 1.807) is 12.1 Å². The van der Waals surface area contributed by atoms with Crippen molar-refractivity contribution >= 4 is 38.6 Å². The average molecular weight is 363 g/mol. The molecular formula is C16H17N3O3S2. The van der Waals surface area contributed by atoms with Crippen molar-refractivity contribution < 1.29 is 13.2 Å². The van der Waals surface area contributed by atoms with Gasteiger partial charge in [0.2, 0.25) is 15.9 Å². The normalized spacial score (nSPS) is 22.9. The van der Waals surface area contributed by atoms with Gasteiger partial charge < -0.3 is 10.2 Å². The minimum Gasteiger partial charge on any atom is -0.356 e. The van der Waals surface area contributed by atoms with Crippen LogP contribution in [0.15, 0.2) is 40.6 Å². The summed E-state index contributed by atoms with van der Waals surface area (Å²) in [5, 5.41) is 2.89. The fourth-order valence-electron chi connectivity index (χ4n) is 3.32. The number of sulfonamides is 1. The largest absolute Gasteiger partial charge is 0.356 e. The zero-order valence-electron chi connectivity index (χ0n) is 13.0. The van der Waals surface area contributed by atoms with Gasteiger partial charge in [-0.05, 0) is 37.6 Å². The zero-order valence-corrected chi connectivity index (χ0v) is 14.7. The second kappa shape index (κ2) is 5.58. The summed E-state index contributed by atoms with van der Waals surface area (Å²) in [7, 11) is -3.55. The van der Waals surface area contributed by atoms with Gasteiger partial charge in [0.05, 0.1) is 11.4 Å². The Morgan fingerprint density at radius 3 is 2.79 bits per heavy atom. The lowest BCUT2D eigenvalue weighted by molar-refractivity contribution is -0.117. The third-order valence-corrected chi connectivity index (χ3v) is 7.39. The topological polar surface area (TPSA) is 78.5 Å². The fraction of sp³-hybridized carbons (Fsp3) is 0.312. The van der Waals surface area contributed by atoms with E-state index in [1.165, 1.54) is 11.3 Å². The van der Waals surface area contributed by atoms with Gasteiger partial charge in [0.25, 0.3) is 0 Å². The second-order valence-electron chi connectivity index (χ2n) is 6.09. The van der Waals surface area contributed by atoms with Crippen LogP contribution < -0.4 is 14.9 Å². The van der Waals surface area contributed by atoms with Crippen molar-refractivity contribution in [2.75, 3.05) is 16.8 Å². The van der Waals surface area contributed by atoms with Crippen molar-refractivity contribution in [2.24, 2.45) is 0 Å². The summed E-state index contributed by atoms with van der Waals surface area (Å²) in [5.74, 6) is -0.0811. The SMILES string of the molecule is Cc1ccc(S(=O)(=O)NC2CC3C(=O)Nc4ccccc4N3C2)s1. The molecule has 2 aliphatic rings. The van der Waals surface area contributed by atoms with Crippen LogP contribution >= 0.6 is 11.3 Å². The Hall–Kier alpha value is -1.90. The van der Waals surface area contributed by atoms with E-state index < -0.39 is 10.0 Å². The van der Waals surface area contributed by atoms with Gasteiger partial charge in [-0.1, -0.05) is 12.1 Å². The van der Waals surface area contributed by atoms with Crippen LogP contribution in [0, 0.1) is 6.92 Å². The van der Waals surface area contributed by atoms with Crippen LogP contribution in [0.4, 0.5) is 11.4 Å². The van der Waals surface area contributed by atoms with Crippen molar-refractivity contribution in [3.8, 4) is 0 Å². The van der Waals surface area contributed by atoms with Gasteiger partial charge in [0.15, 0.2) is 0 Å². The van der Waals surface area contributed by atoms with Crippen LogP contribution in [0.3, 0.4) is 0 Å². The van der Waals surface area contributed by atoms with Crippen LogP contribution in [0.5, 0.6) is 0 Å². The first-order valence-corrected chi connectivity index (χ1v) is 9.99. The summed E-state index contributed by atoms with van der Waals surface area (Å²) in [4.78, 5) is 15.2. The Labute approximate surface area is 144 Å². The molecule has 0 radical (unpaired) electrons. The van der Waals surface area contributed by atoms with Crippen LogP contribution in [-0.2, 0) is 14.8 Å². The van der Waals surface area contributed by atoms with Crippen LogP contribution in [0.1, 0.15) is 11.3 Å². The number of thiophene rings is 1. The lowest BCUT2D eigenvalue weighted by Crippen LogP contribution is -2.43. The fourth-order valence-corrected chi connectivity index (χ4v) is 5.86. The molecule has 6 nitrogen and oxygen atoms in total. The van der Waals surface area contributed by atoms with Crippen LogP contribution in [-0.4, -0.2) is 33.0 Å². The number of hydrogen-bond acceptors (Lipinski definition) is 5. The lowest BCUT2D eigenvalue weighted by atomic mass is 10.1. The first kappa shape index (κ1) is 15.6. The summed E-state index contributed by atoms with van der Waals surface area (Å²) in [6, 6.07) is 10.4. The molecule has 126 valence electrons.